The molecule has 0 fully saturated rings. The third kappa shape index (κ3) is 4.45. The number of methoxy groups -OCH3 is 1. The molecule has 0 atom stereocenters. The molecule has 0 spiro atoms. The summed E-state index contributed by atoms with van der Waals surface area (Å²) in [5, 5.41) is 13.6. The lowest BCUT2D eigenvalue weighted by Crippen LogP contribution is -2.28. The number of ether oxygens (including phenoxy) is 2. The van der Waals surface area contributed by atoms with Crippen molar-refractivity contribution in [1.82, 2.24) is 5.32 Å². The van der Waals surface area contributed by atoms with Gasteiger partial charge in [-0.2, -0.15) is 0 Å². The highest BCUT2D eigenvalue weighted by atomic mass is 16.6. The molecule has 126 valence electrons. The van der Waals surface area contributed by atoms with Gasteiger partial charge >= 0.3 is 0 Å². The van der Waals surface area contributed by atoms with E-state index in [0.29, 0.717) is 11.3 Å². The summed E-state index contributed by atoms with van der Waals surface area (Å²) in [5.41, 5.74) is 0.688. The van der Waals surface area contributed by atoms with Gasteiger partial charge in [0.25, 0.3) is 11.6 Å². The van der Waals surface area contributed by atoms with Crippen LogP contribution in [0.15, 0.2) is 42.5 Å². The molecule has 2 aromatic rings. The van der Waals surface area contributed by atoms with E-state index in [9.17, 15) is 14.9 Å². The van der Waals surface area contributed by atoms with Crippen LogP contribution in [0.3, 0.4) is 0 Å². The zero-order valence-electron chi connectivity index (χ0n) is 13.4. The summed E-state index contributed by atoms with van der Waals surface area (Å²) in [6, 6.07) is 11.5. The Morgan fingerprint density at radius 2 is 1.83 bits per heavy atom. The molecule has 0 aliphatic heterocycles. The quantitative estimate of drug-likeness (QED) is 0.479. The molecule has 1 N–H and O–H groups in total. The molecular weight excluding hydrogens is 312 g/mol. The summed E-state index contributed by atoms with van der Waals surface area (Å²) < 4.78 is 10.5. The fraction of sp³-hybridized carbons (Fsp3) is 0.235. The topological polar surface area (TPSA) is 90.7 Å². The van der Waals surface area contributed by atoms with Crippen LogP contribution in [0, 0.1) is 17.0 Å². The fourth-order valence-electron chi connectivity index (χ4n) is 2.05. The summed E-state index contributed by atoms with van der Waals surface area (Å²) in [5.74, 6) is 1.02. The highest BCUT2D eigenvalue weighted by molar-refractivity contribution is 5.94. The summed E-state index contributed by atoms with van der Waals surface area (Å²) in [6.45, 7) is 2.20. The third-order valence-corrected chi connectivity index (χ3v) is 3.38. The van der Waals surface area contributed by atoms with Gasteiger partial charge in [-0.15, -0.1) is 0 Å². The molecule has 24 heavy (non-hydrogen) atoms. The minimum Gasteiger partial charge on any atom is -0.497 e. The molecule has 2 rings (SSSR count). The number of nitro benzene ring substituents is 1. The SMILES string of the molecule is COc1ccc(OCCNC(=O)c2ccc(C)c([N+](=O)[O-])c2)cc1. The van der Waals surface area contributed by atoms with Gasteiger partial charge in [-0.05, 0) is 37.3 Å². The molecule has 1 amide bonds. The highest BCUT2D eigenvalue weighted by Gasteiger charge is 2.14. The maximum absolute atomic E-state index is 12.0. The van der Waals surface area contributed by atoms with Crippen molar-refractivity contribution in [2.75, 3.05) is 20.3 Å². The van der Waals surface area contributed by atoms with Crippen LogP contribution in [0.5, 0.6) is 11.5 Å². The Morgan fingerprint density at radius 3 is 2.46 bits per heavy atom. The number of hydrogen-bond acceptors (Lipinski definition) is 5. The second-order valence-electron chi connectivity index (χ2n) is 5.04. The predicted octanol–water partition coefficient (Wildman–Crippen LogP) is 2.72. The monoisotopic (exact) mass is 330 g/mol. The lowest BCUT2D eigenvalue weighted by molar-refractivity contribution is -0.385. The number of nitrogens with one attached hydrogen (secondary N) is 1. The van der Waals surface area contributed by atoms with Crippen molar-refractivity contribution < 1.29 is 19.2 Å². The van der Waals surface area contributed by atoms with Gasteiger partial charge in [-0.1, -0.05) is 6.07 Å². The number of hydrogen-bond donors (Lipinski definition) is 1. The molecule has 0 unspecified atom stereocenters. The Labute approximate surface area is 139 Å². The van der Waals surface area contributed by atoms with E-state index in [0.717, 1.165) is 5.75 Å². The van der Waals surface area contributed by atoms with Crippen molar-refractivity contribution in [3.05, 3.63) is 63.7 Å². The smallest absolute Gasteiger partial charge is 0.273 e. The van der Waals surface area contributed by atoms with Crippen molar-refractivity contribution in [1.29, 1.82) is 0 Å². The summed E-state index contributed by atoms with van der Waals surface area (Å²) >= 11 is 0. The molecule has 0 saturated heterocycles. The Kier molecular flexibility index (Phi) is 5.73. The molecule has 0 aromatic heterocycles. The molecule has 0 radical (unpaired) electrons. The van der Waals surface area contributed by atoms with Crippen molar-refractivity contribution in [3.8, 4) is 11.5 Å². The van der Waals surface area contributed by atoms with Crippen LogP contribution in [0.2, 0.25) is 0 Å². The zero-order chi connectivity index (χ0) is 17.5. The number of aryl methyl sites for hydroxylation is 1. The van der Waals surface area contributed by atoms with E-state index in [4.69, 9.17) is 9.47 Å². The van der Waals surface area contributed by atoms with Gasteiger partial charge in [0.15, 0.2) is 0 Å². The van der Waals surface area contributed by atoms with Crippen molar-refractivity contribution in [3.63, 3.8) is 0 Å². The van der Waals surface area contributed by atoms with E-state index in [1.165, 1.54) is 6.07 Å². The van der Waals surface area contributed by atoms with Crippen LogP contribution in [0.1, 0.15) is 15.9 Å². The lowest BCUT2D eigenvalue weighted by Gasteiger charge is -2.08. The van der Waals surface area contributed by atoms with Crippen LogP contribution in [-0.2, 0) is 0 Å². The molecule has 7 nitrogen and oxygen atoms in total. The van der Waals surface area contributed by atoms with Crippen LogP contribution >= 0.6 is 0 Å². The Balaban J connectivity index is 1.84. The minimum atomic E-state index is -0.501. The van der Waals surface area contributed by atoms with E-state index >= 15 is 0 Å². The van der Waals surface area contributed by atoms with Crippen molar-refractivity contribution in [2.24, 2.45) is 0 Å². The molecule has 0 bridgehead atoms. The number of carbonyl (C=O) groups excluding carboxylic acids is 1. The normalized spacial score (nSPS) is 10.1. The summed E-state index contributed by atoms with van der Waals surface area (Å²) in [6.07, 6.45) is 0. The first-order valence-corrected chi connectivity index (χ1v) is 7.31. The van der Waals surface area contributed by atoms with Gasteiger partial charge in [-0.3, -0.25) is 14.9 Å². The molecule has 2 aromatic carbocycles. The van der Waals surface area contributed by atoms with Gasteiger partial charge in [0.05, 0.1) is 18.6 Å². The third-order valence-electron chi connectivity index (χ3n) is 3.38. The summed E-state index contributed by atoms with van der Waals surface area (Å²) in [4.78, 5) is 22.4. The lowest BCUT2D eigenvalue weighted by atomic mass is 10.1. The van der Waals surface area contributed by atoms with Crippen LogP contribution in [-0.4, -0.2) is 31.1 Å². The van der Waals surface area contributed by atoms with Crippen LogP contribution in [0.25, 0.3) is 0 Å². The first-order chi connectivity index (χ1) is 11.5. The number of carbonyl (C=O) groups is 1. The maximum Gasteiger partial charge on any atom is 0.273 e. The number of benzene rings is 2. The van der Waals surface area contributed by atoms with E-state index < -0.39 is 4.92 Å². The van der Waals surface area contributed by atoms with Gasteiger partial charge in [-0.25, -0.2) is 0 Å². The standard InChI is InChI=1S/C17H18N2O5/c1-12-3-4-13(11-16(12)19(21)22)17(20)18-9-10-24-15-7-5-14(23-2)6-8-15/h3-8,11H,9-10H2,1-2H3,(H,18,20). The first kappa shape index (κ1) is 17.3. The van der Waals surface area contributed by atoms with E-state index in [1.54, 1.807) is 50.4 Å². The Morgan fingerprint density at radius 1 is 1.17 bits per heavy atom. The zero-order valence-corrected chi connectivity index (χ0v) is 13.4. The Bertz CT molecular complexity index is 728. The average molecular weight is 330 g/mol. The van der Waals surface area contributed by atoms with E-state index in [1.807, 2.05) is 0 Å². The molecule has 0 saturated carbocycles. The minimum absolute atomic E-state index is 0.0721. The predicted molar refractivity (Wildman–Crippen MR) is 88.7 cm³/mol. The van der Waals surface area contributed by atoms with Gasteiger partial charge in [0, 0.05) is 17.2 Å². The average Bonchev–Trinajstić information content (AvgIpc) is 2.59. The number of nitrogens with zero attached hydrogens (tertiary/aromatic N) is 1. The molecule has 7 heteroatoms. The number of nitro groups is 1. The van der Waals surface area contributed by atoms with Gasteiger partial charge in [0.2, 0.25) is 0 Å². The van der Waals surface area contributed by atoms with Crippen molar-refractivity contribution >= 4 is 11.6 Å². The van der Waals surface area contributed by atoms with Gasteiger partial charge < -0.3 is 14.8 Å². The second kappa shape index (κ2) is 7.96. The van der Waals surface area contributed by atoms with E-state index in [2.05, 4.69) is 5.32 Å². The largest absolute Gasteiger partial charge is 0.497 e. The van der Waals surface area contributed by atoms with Crippen molar-refractivity contribution in [2.45, 2.75) is 6.92 Å². The first-order valence-electron chi connectivity index (χ1n) is 7.31. The number of amides is 1. The second-order valence-corrected chi connectivity index (χ2v) is 5.04. The maximum atomic E-state index is 12.0. The molecular formula is C17H18N2O5. The highest BCUT2D eigenvalue weighted by Crippen LogP contribution is 2.19. The number of rotatable bonds is 7. The van der Waals surface area contributed by atoms with Crippen LogP contribution in [0.4, 0.5) is 5.69 Å². The van der Waals surface area contributed by atoms with Crippen LogP contribution < -0.4 is 14.8 Å². The summed E-state index contributed by atoms with van der Waals surface area (Å²) in [7, 11) is 1.58. The van der Waals surface area contributed by atoms with E-state index in [-0.39, 0.29) is 30.3 Å². The van der Waals surface area contributed by atoms with Gasteiger partial charge in [0.1, 0.15) is 18.1 Å². The fourth-order valence-corrected chi connectivity index (χ4v) is 2.05. The molecule has 0 heterocycles. The molecule has 0 aliphatic rings. The Hall–Kier alpha value is -3.09. The molecule has 0 aliphatic carbocycles.